The maximum atomic E-state index is 12.6. The molecular weight excluding hydrogens is 374 g/mol. The van der Waals surface area contributed by atoms with E-state index in [2.05, 4.69) is 20.4 Å². The monoisotopic (exact) mass is 403 g/mol. The van der Waals surface area contributed by atoms with Crippen LogP contribution in [-0.2, 0) is 16.1 Å². The Morgan fingerprint density at radius 2 is 2.18 bits per heavy atom. The molecule has 0 radical (unpaired) electrons. The molecule has 1 aliphatic heterocycles. The van der Waals surface area contributed by atoms with Crippen LogP contribution >= 0.6 is 12.2 Å². The fourth-order valence-corrected chi connectivity index (χ4v) is 3.82. The lowest BCUT2D eigenvalue weighted by atomic mass is 10.0. The number of benzene rings is 1. The molecule has 2 heterocycles. The fourth-order valence-electron chi connectivity index (χ4n) is 3.62. The summed E-state index contributed by atoms with van der Waals surface area (Å²) < 4.78 is 7.33. The van der Waals surface area contributed by atoms with Gasteiger partial charge in [0.1, 0.15) is 6.54 Å². The van der Waals surface area contributed by atoms with Crippen molar-refractivity contribution in [2.24, 2.45) is 0 Å². The number of carbonyl (C=O) groups excluding carboxylic acids is 1. The summed E-state index contributed by atoms with van der Waals surface area (Å²) in [5.74, 6) is 0.668. The Balaban J connectivity index is 1.55. The number of rotatable bonds is 8. The van der Waals surface area contributed by atoms with E-state index in [1.54, 1.807) is 11.7 Å². The van der Waals surface area contributed by atoms with Crippen LogP contribution in [0.2, 0.25) is 0 Å². The first kappa shape index (κ1) is 20.7. The summed E-state index contributed by atoms with van der Waals surface area (Å²) in [5.41, 5.74) is 2.09. The first-order chi connectivity index (χ1) is 13.6. The quantitative estimate of drug-likeness (QED) is 0.523. The van der Waals surface area contributed by atoms with E-state index in [1.807, 2.05) is 31.2 Å². The number of H-pyrrole nitrogens is 1. The van der Waals surface area contributed by atoms with Crippen LogP contribution in [0, 0.1) is 11.7 Å². The number of nitrogens with one attached hydrogen (secondary N) is 2. The molecule has 0 atom stereocenters. The number of carbonyl (C=O) groups is 1. The highest BCUT2D eigenvalue weighted by Gasteiger charge is 2.21. The molecule has 1 amide bonds. The van der Waals surface area contributed by atoms with Crippen LogP contribution in [0.1, 0.15) is 24.8 Å². The second-order valence-corrected chi connectivity index (χ2v) is 7.72. The Bertz CT molecular complexity index is 839. The molecule has 2 aromatic rings. The normalized spacial score (nSPS) is 15.6. The highest BCUT2D eigenvalue weighted by atomic mass is 32.1. The Labute approximate surface area is 171 Å². The van der Waals surface area contributed by atoms with Gasteiger partial charge in [0.15, 0.2) is 10.6 Å². The van der Waals surface area contributed by atoms with Crippen molar-refractivity contribution in [3.8, 4) is 11.4 Å². The van der Waals surface area contributed by atoms with E-state index in [1.165, 1.54) is 0 Å². The van der Waals surface area contributed by atoms with Crippen molar-refractivity contribution in [3.05, 3.63) is 34.6 Å². The number of nitrogens with zero attached hydrogens (tertiary/aromatic N) is 3. The van der Waals surface area contributed by atoms with Gasteiger partial charge in [-0.15, -0.1) is 0 Å². The van der Waals surface area contributed by atoms with Crippen molar-refractivity contribution >= 4 is 18.1 Å². The van der Waals surface area contributed by atoms with Gasteiger partial charge in [-0.1, -0.05) is 23.8 Å². The predicted molar refractivity (Wildman–Crippen MR) is 112 cm³/mol. The SMILES string of the molecule is COCCCN1CCC(NC(=O)Cn2c(-c3cccc(C)c3)n[nH]c2=S)CC1. The number of methoxy groups -OCH3 is 1. The van der Waals surface area contributed by atoms with E-state index in [0.29, 0.717) is 10.6 Å². The molecule has 0 spiro atoms. The smallest absolute Gasteiger partial charge is 0.240 e. The molecule has 1 aromatic heterocycles. The summed E-state index contributed by atoms with van der Waals surface area (Å²) >= 11 is 5.34. The zero-order valence-corrected chi connectivity index (χ0v) is 17.4. The average molecular weight is 404 g/mol. The topological polar surface area (TPSA) is 75.2 Å². The summed E-state index contributed by atoms with van der Waals surface area (Å²) in [6.07, 6.45) is 2.99. The number of likely N-dealkylation sites (tertiary alicyclic amines) is 1. The fraction of sp³-hybridized carbons (Fsp3) is 0.550. The maximum absolute atomic E-state index is 12.6. The van der Waals surface area contributed by atoms with E-state index in [4.69, 9.17) is 17.0 Å². The van der Waals surface area contributed by atoms with E-state index < -0.39 is 0 Å². The summed E-state index contributed by atoms with van der Waals surface area (Å²) in [6.45, 7) is 6.07. The summed E-state index contributed by atoms with van der Waals surface area (Å²) in [4.78, 5) is 15.1. The van der Waals surface area contributed by atoms with E-state index in [9.17, 15) is 4.79 Å². The predicted octanol–water partition coefficient (Wildman–Crippen LogP) is 2.53. The van der Waals surface area contributed by atoms with Gasteiger partial charge in [-0.3, -0.25) is 14.5 Å². The second-order valence-electron chi connectivity index (χ2n) is 7.34. The summed E-state index contributed by atoms with van der Waals surface area (Å²) in [5, 5.41) is 10.3. The largest absolute Gasteiger partial charge is 0.385 e. The maximum Gasteiger partial charge on any atom is 0.240 e. The summed E-state index contributed by atoms with van der Waals surface area (Å²) in [7, 11) is 1.73. The van der Waals surface area contributed by atoms with E-state index in [-0.39, 0.29) is 18.5 Å². The average Bonchev–Trinajstić information content (AvgIpc) is 3.04. The zero-order valence-electron chi connectivity index (χ0n) is 16.6. The first-order valence-corrected chi connectivity index (χ1v) is 10.2. The van der Waals surface area contributed by atoms with Gasteiger partial charge < -0.3 is 15.0 Å². The Morgan fingerprint density at radius 1 is 1.39 bits per heavy atom. The third-order valence-corrected chi connectivity index (χ3v) is 5.42. The standard InChI is InChI=1S/C20H29N5O2S/c1-15-5-3-6-16(13-15)19-22-23-20(28)25(19)14-18(26)21-17-7-10-24(11-8-17)9-4-12-27-2/h3,5-6,13,17H,4,7-12,14H2,1-2H3,(H,21,26)(H,23,28). The second kappa shape index (κ2) is 9.95. The molecule has 8 heteroatoms. The lowest BCUT2D eigenvalue weighted by Gasteiger charge is -2.32. The summed E-state index contributed by atoms with van der Waals surface area (Å²) in [6, 6.07) is 8.25. The minimum Gasteiger partial charge on any atom is -0.385 e. The van der Waals surface area contributed by atoms with Crippen molar-refractivity contribution in [2.45, 2.75) is 38.8 Å². The van der Waals surface area contributed by atoms with E-state index in [0.717, 1.165) is 56.6 Å². The van der Waals surface area contributed by atoms with Crippen LogP contribution in [0.15, 0.2) is 24.3 Å². The van der Waals surface area contributed by atoms with Gasteiger partial charge in [0, 0.05) is 45.0 Å². The third-order valence-electron chi connectivity index (χ3n) is 5.11. The van der Waals surface area contributed by atoms with Crippen molar-refractivity contribution in [3.63, 3.8) is 0 Å². The molecule has 7 nitrogen and oxygen atoms in total. The molecule has 3 rings (SSSR count). The molecule has 1 fully saturated rings. The number of hydrogen-bond donors (Lipinski definition) is 2. The minimum atomic E-state index is -0.0239. The number of hydrogen-bond acceptors (Lipinski definition) is 5. The van der Waals surface area contributed by atoms with Gasteiger partial charge in [-0.2, -0.15) is 5.10 Å². The number of ether oxygens (including phenoxy) is 1. The van der Waals surface area contributed by atoms with Crippen LogP contribution < -0.4 is 5.32 Å². The molecule has 0 aliphatic carbocycles. The molecular formula is C20H29N5O2S. The molecule has 1 saturated heterocycles. The third kappa shape index (κ3) is 5.50. The van der Waals surface area contributed by atoms with Crippen molar-refractivity contribution in [1.29, 1.82) is 0 Å². The minimum absolute atomic E-state index is 0.0239. The van der Waals surface area contributed by atoms with Gasteiger partial charge in [0.25, 0.3) is 0 Å². The molecule has 1 aliphatic rings. The molecule has 0 saturated carbocycles. The highest BCUT2D eigenvalue weighted by molar-refractivity contribution is 7.71. The number of piperidine rings is 1. The van der Waals surface area contributed by atoms with Crippen molar-refractivity contribution in [2.75, 3.05) is 33.4 Å². The molecule has 0 bridgehead atoms. The van der Waals surface area contributed by atoms with Crippen LogP contribution in [0.4, 0.5) is 0 Å². The molecule has 0 unspecified atom stereocenters. The highest BCUT2D eigenvalue weighted by Crippen LogP contribution is 2.18. The van der Waals surface area contributed by atoms with Crippen LogP contribution in [-0.4, -0.2) is 65.0 Å². The van der Waals surface area contributed by atoms with Crippen molar-refractivity contribution < 1.29 is 9.53 Å². The van der Waals surface area contributed by atoms with E-state index >= 15 is 0 Å². The Kier molecular flexibility index (Phi) is 7.36. The van der Waals surface area contributed by atoms with Crippen LogP contribution in [0.3, 0.4) is 0 Å². The van der Waals surface area contributed by atoms with Gasteiger partial charge in [-0.05, 0) is 44.5 Å². The number of aryl methyl sites for hydroxylation is 1. The van der Waals surface area contributed by atoms with Crippen LogP contribution in [0.5, 0.6) is 0 Å². The van der Waals surface area contributed by atoms with Crippen molar-refractivity contribution in [1.82, 2.24) is 25.0 Å². The molecule has 28 heavy (non-hydrogen) atoms. The van der Waals surface area contributed by atoms with Gasteiger partial charge in [0.2, 0.25) is 5.91 Å². The number of aromatic amines is 1. The first-order valence-electron chi connectivity index (χ1n) is 9.79. The molecule has 1 aromatic carbocycles. The number of aromatic nitrogens is 3. The van der Waals surface area contributed by atoms with Gasteiger partial charge in [0.05, 0.1) is 0 Å². The Hall–Kier alpha value is -2.03. The lowest BCUT2D eigenvalue weighted by molar-refractivity contribution is -0.122. The molecule has 152 valence electrons. The zero-order chi connectivity index (χ0) is 19.9. The van der Waals surface area contributed by atoms with Gasteiger partial charge >= 0.3 is 0 Å². The lowest BCUT2D eigenvalue weighted by Crippen LogP contribution is -2.45. The van der Waals surface area contributed by atoms with Crippen LogP contribution in [0.25, 0.3) is 11.4 Å². The van der Waals surface area contributed by atoms with Gasteiger partial charge in [-0.25, -0.2) is 0 Å². The Morgan fingerprint density at radius 3 is 2.89 bits per heavy atom. The number of amides is 1. The molecule has 2 N–H and O–H groups in total.